The molecule has 0 bridgehead atoms. The first-order valence-corrected chi connectivity index (χ1v) is 13.0. The van der Waals surface area contributed by atoms with Gasteiger partial charge in [0, 0.05) is 5.56 Å². The quantitative estimate of drug-likeness (QED) is 0.302. The largest absolute Gasteiger partial charge is 0.492 e. The Morgan fingerprint density at radius 3 is 2.13 bits per heavy atom. The highest BCUT2D eigenvalue weighted by Gasteiger charge is 2.20. The second-order valence-corrected chi connectivity index (χ2v) is 9.55. The minimum absolute atomic E-state index is 0.791. The highest BCUT2D eigenvalue weighted by molar-refractivity contribution is 5.59. The van der Waals surface area contributed by atoms with Crippen molar-refractivity contribution in [2.75, 3.05) is 6.61 Å². The summed E-state index contributed by atoms with van der Waals surface area (Å²) in [7, 11) is 0. The van der Waals surface area contributed by atoms with E-state index < -0.39 is 0 Å². The molecule has 0 spiro atoms. The van der Waals surface area contributed by atoms with Gasteiger partial charge >= 0.3 is 0 Å². The van der Waals surface area contributed by atoms with Crippen LogP contribution in [0.25, 0.3) is 11.3 Å². The van der Waals surface area contributed by atoms with E-state index in [9.17, 15) is 0 Å². The molecule has 0 aliphatic heterocycles. The molecule has 0 radical (unpaired) electrons. The number of rotatable bonds is 13. The van der Waals surface area contributed by atoms with E-state index in [1.165, 1.54) is 88.2 Å². The number of hydrogen-bond acceptors (Lipinski definition) is 2. The zero-order valence-corrected chi connectivity index (χ0v) is 20.0. The monoisotopic (exact) mass is 421 g/mol. The number of nitrogens with zero attached hydrogens (tertiary/aromatic N) is 1. The molecule has 31 heavy (non-hydrogen) atoms. The van der Waals surface area contributed by atoms with Gasteiger partial charge in [0.15, 0.2) is 0 Å². The maximum Gasteiger partial charge on any atom is 0.137 e. The highest BCUT2D eigenvalue weighted by Crippen LogP contribution is 2.34. The normalized spacial score (nSPS) is 18.8. The van der Waals surface area contributed by atoms with Crippen molar-refractivity contribution in [3.05, 3.63) is 48.2 Å². The Labute approximate surface area is 190 Å². The van der Waals surface area contributed by atoms with Crippen LogP contribution in [0, 0.1) is 11.8 Å². The molecule has 2 aromatic rings. The highest BCUT2D eigenvalue weighted by atomic mass is 16.5. The zero-order chi connectivity index (χ0) is 21.7. The zero-order valence-electron chi connectivity index (χ0n) is 20.0. The summed E-state index contributed by atoms with van der Waals surface area (Å²) in [5, 5.41) is 0. The molecule has 3 rings (SSSR count). The third kappa shape index (κ3) is 8.31. The van der Waals surface area contributed by atoms with Gasteiger partial charge in [0.25, 0.3) is 0 Å². The molecule has 0 unspecified atom stereocenters. The van der Waals surface area contributed by atoms with Crippen molar-refractivity contribution >= 4 is 0 Å². The topological polar surface area (TPSA) is 22.1 Å². The Balaban J connectivity index is 1.39. The average molecular weight is 422 g/mol. The lowest BCUT2D eigenvalue weighted by Gasteiger charge is -2.28. The summed E-state index contributed by atoms with van der Waals surface area (Å²) < 4.78 is 5.84. The summed E-state index contributed by atoms with van der Waals surface area (Å²) >= 11 is 0. The molecular weight excluding hydrogens is 378 g/mol. The molecule has 1 heterocycles. The first kappa shape index (κ1) is 23.8. The van der Waals surface area contributed by atoms with Crippen LogP contribution < -0.4 is 4.74 Å². The van der Waals surface area contributed by atoms with Crippen molar-refractivity contribution in [1.82, 2.24) is 4.98 Å². The maximum absolute atomic E-state index is 5.84. The molecule has 0 saturated heterocycles. The molecular formula is C29H43NO. The summed E-state index contributed by atoms with van der Waals surface area (Å²) in [4.78, 5) is 4.62. The molecule has 2 nitrogen and oxygen atoms in total. The lowest BCUT2D eigenvalue weighted by molar-refractivity contribution is 0.252. The van der Waals surface area contributed by atoms with E-state index in [2.05, 4.69) is 55.2 Å². The number of benzene rings is 1. The summed E-state index contributed by atoms with van der Waals surface area (Å²) in [6.45, 7) is 5.36. The van der Waals surface area contributed by atoms with Gasteiger partial charge in [0.05, 0.1) is 18.5 Å². The van der Waals surface area contributed by atoms with Crippen LogP contribution in [-0.4, -0.2) is 11.6 Å². The molecule has 1 aromatic heterocycles. The van der Waals surface area contributed by atoms with Crippen LogP contribution >= 0.6 is 0 Å². The molecule has 1 aromatic carbocycles. The third-order valence-electron chi connectivity index (χ3n) is 7.01. The van der Waals surface area contributed by atoms with E-state index >= 15 is 0 Å². The molecule has 1 aliphatic rings. The Hall–Kier alpha value is -1.83. The Kier molecular flexibility index (Phi) is 10.4. The van der Waals surface area contributed by atoms with Gasteiger partial charge < -0.3 is 4.74 Å². The van der Waals surface area contributed by atoms with Crippen LogP contribution in [0.15, 0.2) is 42.6 Å². The van der Waals surface area contributed by atoms with E-state index in [1.807, 2.05) is 6.20 Å². The standard InChI is InChI=1S/C29H43NO/c1-3-5-6-7-8-22-31-28-20-21-29(30-23-28)27-18-16-26(17-19-27)15-14-25-12-10-24(9-4-2)11-13-25/h16-21,23-25H,3-15,22H2,1-2H3. The lowest BCUT2D eigenvalue weighted by atomic mass is 9.78. The van der Waals surface area contributed by atoms with Gasteiger partial charge in [-0.05, 0) is 48.8 Å². The number of hydrogen-bond donors (Lipinski definition) is 0. The molecule has 1 saturated carbocycles. The molecule has 0 amide bonds. The molecule has 0 atom stereocenters. The second kappa shape index (κ2) is 13.6. The number of aryl methyl sites for hydroxylation is 1. The number of unbranched alkanes of at least 4 members (excludes halogenated alkanes) is 4. The van der Waals surface area contributed by atoms with Crippen molar-refractivity contribution in [2.24, 2.45) is 11.8 Å². The van der Waals surface area contributed by atoms with Crippen LogP contribution in [0.5, 0.6) is 5.75 Å². The van der Waals surface area contributed by atoms with E-state index in [0.29, 0.717) is 0 Å². The van der Waals surface area contributed by atoms with E-state index in [1.54, 1.807) is 0 Å². The lowest BCUT2D eigenvalue weighted by Crippen LogP contribution is -2.15. The predicted molar refractivity (Wildman–Crippen MR) is 133 cm³/mol. The summed E-state index contributed by atoms with van der Waals surface area (Å²) in [5.74, 6) is 2.83. The number of ether oxygens (including phenoxy) is 1. The third-order valence-corrected chi connectivity index (χ3v) is 7.01. The molecule has 1 fully saturated rings. The fourth-order valence-electron chi connectivity index (χ4n) is 4.96. The molecule has 0 N–H and O–H groups in total. The van der Waals surface area contributed by atoms with Crippen molar-refractivity contribution < 1.29 is 4.74 Å². The molecule has 2 heteroatoms. The first-order chi connectivity index (χ1) is 15.3. The number of pyridine rings is 1. The van der Waals surface area contributed by atoms with Gasteiger partial charge in [0.1, 0.15) is 5.75 Å². The van der Waals surface area contributed by atoms with Crippen molar-refractivity contribution in [2.45, 2.75) is 97.3 Å². The van der Waals surface area contributed by atoms with Gasteiger partial charge in [-0.2, -0.15) is 0 Å². The van der Waals surface area contributed by atoms with Gasteiger partial charge in [-0.25, -0.2) is 0 Å². The van der Waals surface area contributed by atoms with Crippen molar-refractivity contribution in [1.29, 1.82) is 0 Å². The Morgan fingerprint density at radius 1 is 0.774 bits per heavy atom. The van der Waals surface area contributed by atoms with Gasteiger partial charge in [-0.1, -0.05) is 102 Å². The average Bonchev–Trinajstić information content (AvgIpc) is 2.82. The van der Waals surface area contributed by atoms with E-state index in [0.717, 1.165) is 36.3 Å². The van der Waals surface area contributed by atoms with Gasteiger partial charge in [0.2, 0.25) is 0 Å². The smallest absolute Gasteiger partial charge is 0.137 e. The van der Waals surface area contributed by atoms with Crippen LogP contribution in [0.2, 0.25) is 0 Å². The van der Waals surface area contributed by atoms with Gasteiger partial charge in [-0.15, -0.1) is 0 Å². The number of aromatic nitrogens is 1. The van der Waals surface area contributed by atoms with Crippen LogP contribution in [-0.2, 0) is 6.42 Å². The van der Waals surface area contributed by atoms with E-state index in [-0.39, 0.29) is 0 Å². The van der Waals surface area contributed by atoms with Crippen LogP contribution in [0.3, 0.4) is 0 Å². The fourth-order valence-corrected chi connectivity index (χ4v) is 4.96. The fraction of sp³-hybridized carbons (Fsp3) is 0.621. The van der Waals surface area contributed by atoms with Crippen LogP contribution in [0.4, 0.5) is 0 Å². The van der Waals surface area contributed by atoms with Crippen LogP contribution in [0.1, 0.15) is 96.5 Å². The summed E-state index contributed by atoms with van der Waals surface area (Å²) in [6, 6.07) is 13.2. The van der Waals surface area contributed by atoms with E-state index in [4.69, 9.17) is 4.74 Å². The predicted octanol–water partition coefficient (Wildman–Crippen LogP) is 8.64. The SMILES string of the molecule is CCCCCCCOc1ccc(-c2ccc(CCC3CCC(CCC)CC3)cc2)nc1. The first-order valence-electron chi connectivity index (χ1n) is 13.0. The summed E-state index contributed by atoms with van der Waals surface area (Å²) in [6.07, 6.45) is 19.3. The van der Waals surface area contributed by atoms with Crippen molar-refractivity contribution in [3.8, 4) is 17.0 Å². The second-order valence-electron chi connectivity index (χ2n) is 9.55. The minimum atomic E-state index is 0.791. The maximum atomic E-state index is 5.84. The van der Waals surface area contributed by atoms with Crippen molar-refractivity contribution in [3.63, 3.8) is 0 Å². The minimum Gasteiger partial charge on any atom is -0.492 e. The molecule has 1 aliphatic carbocycles. The van der Waals surface area contributed by atoms with Gasteiger partial charge in [-0.3, -0.25) is 4.98 Å². The summed E-state index contributed by atoms with van der Waals surface area (Å²) in [5.41, 5.74) is 3.67. The Bertz CT molecular complexity index is 713. The Morgan fingerprint density at radius 2 is 1.48 bits per heavy atom. The molecule has 170 valence electrons.